The van der Waals surface area contributed by atoms with Crippen LogP contribution >= 0.6 is 11.3 Å². The van der Waals surface area contributed by atoms with Crippen molar-refractivity contribution in [2.45, 2.75) is 36.7 Å². The Balaban J connectivity index is 1.83. The van der Waals surface area contributed by atoms with Crippen molar-refractivity contribution in [3.8, 4) is 0 Å². The normalized spacial score (nSPS) is 17.3. The van der Waals surface area contributed by atoms with Crippen LogP contribution < -0.4 is 0 Å². The minimum absolute atomic E-state index is 0.0533. The Morgan fingerprint density at radius 2 is 2.20 bits per heavy atom. The van der Waals surface area contributed by atoms with Crippen LogP contribution in [0.25, 0.3) is 0 Å². The first-order valence-corrected chi connectivity index (χ1v) is 9.21. The summed E-state index contributed by atoms with van der Waals surface area (Å²) < 4.78 is 26.8. The Morgan fingerprint density at radius 1 is 1.45 bits per heavy atom. The van der Waals surface area contributed by atoms with E-state index >= 15 is 0 Å². The van der Waals surface area contributed by atoms with Crippen molar-refractivity contribution in [1.82, 2.24) is 14.8 Å². The number of hydrogen-bond donors (Lipinski definition) is 0. The summed E-state index contributed by atoms with van der Waals surface area (Å²) >= 11 is 1.47. The lowest BCUT2D eigenvalue weighted by atomic mass is 10.4. The van der Waals surface area contributed by atoms with Crippen LogP contribution in [0.3, 0.4) is 0 Å². The van der Waals surface area contributed by atoms with Gasteiger partial charge >= 0.3 is 0 Å². The molecular formula is C13H17N3O2S2. The van der Waals surface area contributed by atoms with Crippen molar-refractivity contribution >= 4 is 21.2 Å². The molecule has 1 atom stereocenters. The van der Waals surface area contributed by atoms with Crippen LogP contribution in [0.15, 0.2) is 17.5 Å². The third-order valence-electron chi connectivity index (χ3n) is 3.75. The molecule has 0 radical (unpaired) electrons. The Morgan fingerprint density at radius 3 is 2.80 bits per heavy atom. The van der Waals surface area contributed by atoms with Crippen LogP contribution in [0.4, 0.5) is 0 Å². The summed E-state index contributed by atoms with van der Waals surface area (Å²) in [7, 11) is -1.41. The van der Waals surface area contributed by atoms with Crippen molar-refractivity contribution in [1.29, 1.82) is 0 Å². The predicted octanol–water partition coefficient (Wildman–Crippen LogP) is 2.43. The highest BCUT2D eigenvalue weighted by molar-refractivity contribution is 7.91. The van der Waals surface area contributed by atoms with E-state index in [0.29, 0.717) is 11.7 Å². The molecule has 2 aromatic heterocycles. The van der Waals surface area contributed by atoms with E-state index in [0.717, 1.165) is 23.5 Å². The summed E-state index contributed by atoms with van der Waals surface area (Å²) in [5.41, 5.74) is 0. The smallest absolute Gasteiger partial charge is 0.165 e. The van der Waals surface area contributed by atoms with E-state index in [1.165, 1.54) is 11.3 Å². The topological polar surface area (TPSA) is 64.8 Å². The fourth-order valence-corrected chi connectivity index (χ4v) is 4.77. The van der Waals surface area contributed by atoms with E-state index in [4.69, 9.17) is 0 Å². The number of rotatable bonds is 5. The fraction of sp³-hybridized carbons (Fsp3) is 0.538. The van der Waals surface area contributed by atoms with E-state index in [1.54, 1.807) is 6.92 Å². The summed E-state index contributed by atoms with van der Waals surface area (Å²) in [6, 6.07) is 3.73. The number of hydrogen-bond acceptors (Lipinski definition) is 5. The molecule has 1 fully saturated rings. The van der Waals surface area contributed by atoms with Crippen LogP contribution in [0.1, 0.15) is 47.5 Å². The van der Waals surface area contributed by atoms with Gasteiger partial charge in [0, 0.05) is 17.8 Å². The molecule has 1 aliphatic carbocycles. The Labute approximate surface area is 122 Å². The second-order valence-electron chi connectivity index (χ2n) is 5.27. The zero-order valence-corrected chi connectivity index (χ0v) is 13.1. The molecule has 1 saturated carbocycles. The quantitative estimate of drug-likeness (QED) is 0.850. The molecule has 0 saturated heterocycles. The number of sulfone groups is 1. The van der Waals surface area contributed by atoms with E-state index in [9.17, 15) is 8.42 Å². The van der Waals surface area contributed by atoms with Crippen molar-refractivity contribution in [2.24, 2.45) is 7.05 Å². The molecule has 0 amide bonds. The summed E-state index contributed by atoms with van der Waals surface area (Å²) in [5, 5.41) is 9.60. The molecule has 2 heterocycles. The lowest BCUT2D eigenvalue weighted by Crippen LogP contribution is -2.15. The first-order valence-electron chi connectivity index (χ1n) is 6.62. The standard InChI is InChI=1S/C13H17N3O2S2/c1-9(11-4-3-7-19-11)20(17,18)8-12-14-15-13(16(12)2)10-5-6-10/h3-4,7,9-10H,5-6,8H2,1-2H3/t9-/m0/s1. The molecule has 0 spiro atoms. The highest BCUT2D eigenvalue weighted by atomic mass is 32.2. The van der Waals surface area contributed by atoms with Gasteiger partial charge in [-0.25, -0.2) is 8.42 Å². The summed E-state index contributed by atoms with van der Waals surface area (Å²) in [6.07, 6.45) is 2.26. The van der Waals surface area contributed by atoms with E-state index < -0.39 is 15.1 Å². The van der Waals surface area contributed by atoms with Gasteiger partial charge < -0.3 is 4.57 Å². The van der Waals surface area contributed by atoms with Crippen molar-refractivity contribution in [3.63, 3.8) is 0 Å². The first-order chi connectivity index (χ1) is 9.49. The van der Waals surface area contributed by atoms with Gasteiger partial charge in [-0.3, -0.25) is 0 Å². The minimum atomic E-state index is -3.26. The highest BCUT2D eigenvalue weighted by Crippen LogP contribution is 2.39. The predicted molar refractivity (Wildman–Crippen MR) is 78.3 cm³/mol. The average molecular weight is 311 g/mol. The van der Waals surface area contributed by atoms with Gasteiger partial charge in [0.1, 0.15) is 17.4 Å². The molecule has 1 aliphatic rings. The van der Waals surface area contributed by atoms with Crippen molar-refractivity contribution < 1.29 is 8.42 Å². The lowest BCUT2D eigenvalue weighted by Gasteiger charge is -2.11. The van der Waals surface area contributed by atoms with Gasteiger partial charge in [0.25, 0.3) is 0 Å². The third-order valence-corrected chi connectivity index (χ3v) is 6.95. The Bertz CT molecular complexity index is 700. The van der Waals surface area contributed by atoms with Crippen LogP contribution in [0.5, 0.6) is 0 Å². The minimum Gasteiger partial charge on any atom is -0.317 e. The molecule has 20 heavy (non-hydrogen) atoms. The lowest BCUT2D eigenvalue weighted by molar-refractivity contribution is 0.583. The van der Waals surface area contributed by atoms with Crippen LogP contribution in [0, 0.1) is 0 Å². The SMILES string of the molecule is C[C@@H](c1cccs1)S(=O)(=O)Cc1nnc(C2CC2)n1C. The van der Waals surface area contributed by atoms with Gasteiger partial charge in [-0.05, 0) is 31.2 Å². The molecule has 0 unspecified atom stereocenters. The van der Waals surface area contributed by atoms with Crippen LogP contribution in [-0.2, 0) is 22.6 Å². The number of thiophene rings is 1. The van der Waals surface area contributed by atoms with Gasteiger partial charge in [0.15, 0.2) is 9.84 Å². The zero-order chi connectivity index (χ0) is 14.3. The monoisotopic (exact) mass is 311 g/mol. The second kappa shape index (κ2) is 4.96. The van der Waals surface area contributed by atoms with Crippen LogP contribution in [-0.4, -0.2) is 23.2 Å². The highest BCUT2D eigenvalue weighted by Gasteiger charge is 2.31. The second-order valence-corrected chi connectivity index (χ2v) is 8.57. The van der Waals surface area contributed by atoms with Gasteiger partial charge in [0.2, 0.25) is 0 Å². The van der Waals surface area contributed by atoms with Crippen LogP contribution in [0.2, 0.25) is 0 Å². The molecule has 0 N–H and O–H groups in total. The zero-order valence-electron chi connectivity index (χ0n) is 11.5. The molecule has 3 rings (SSSR count). The molecule has 7 heteroatoms. The maximum atomic E-state index is 12.5. The maximum Gasteiger partial charge on any atom is 0.165 e. The largest absolute Gasteiger partial charge is 0.317 e. The Kier molecular flexibility index (Phi) is 3.41. The molecule has 2 aromatic rings. The number of nitrogens with zero attached hydrogens (tertiary/aromatic N) is 3. The van der Waals surface area contributed by atoms with Crippen molar-refractivity contribution in [3.05, 3.63) is 34.0 Å². The fourth-order valence-electron chi connectivity index (χ4n) is 2.20. The van der Waals surface area contributed by atoms with Crippen molar-refractivity contribution in [2.75, 3.05) is 0 Å². The molecule has 5 nitrogen and oxygen atoms in total. The summed E-state index contributed by atoms with van der Waals surface area (Å²) in [5.74, 6) is 1.87. The molecule has 0 aliphatic heterocycles. The molecule has 0 bridgehead atoms. The van der Waals surface area contributed by atoms with Gasteiger partial charge in [-0.2, -0.15) is 0 Å². The summed E-state index contributed by atoms with van der Waals surface area (Å²) in [4.78, 5) is 0.870. The molecule has 0 aromatic carbocycles. The van der Waals surface area contributed by atoms with Gasteiger partial charge in [-0.15, -0.1) is 21.5 Å². The van der Waals surface area contributed by atoms with Gasteiger partial charge in [-0.1, -0.05) is 6.07 Å². The summed E-state index contributed by atoms with van der Waals surface area (Å²) in [6.45, 7) is 1.74. The first kappa shape index (κ1) is 13.8. The average Bonchev–Trinajstić information content (AvgIpc) is 2.98. The van der Waals surface area contributed by atoms with E-state index in [2.05, 4.69) is 10.2 Å². The van der Waals surface area contributed by atoms with E-state index in [1.807, 2.05) is 29.1 Å². The van der Waals surface area contributed by atoms with Gasteiger partial charge in [0.05, 0.1) is 5.25 Å². The molecule has 108 valence electrons. The maximum absolute atomic E-state index is 12.5. The number of aromatic nitrogens is 3. The Hall–Kier alpha value is -1.21. The third kappa shape index (κ3) is 2.52. The molecular weight excluding hydrogens is 294 g/mol. The van der Waals surface area contributed by atoms with E-state index in [-0.39, 0.29) is 5.75 Å².